The van der Waals surface area contributed by atoms with Gasteiger partial charge in [-0.05, 0) is 55.7 Å². The summed E-state index contributed by atoms with van der Waals surface area (Å²) in [6.07, 6.45) is -4.54. The molecule has 0 atom stereocenters. The highest BCUT2D eigenvalue weighted by Crippen LogP contribution is 2.30. The van der Waals surface area contributed by atoms with E-state index in [9.17, 15) is 22.8 Å². The fourth-order valence-electron chi connectivity index (χ4n) is 3.60. The molecule has 1 aromatic heterocycles. The number of piperazine rings is 1. The van der Waals surface area contributed by atoms with Gasteiger partial charge in [-0.1, -0.05) is 6.07 Å². The number of hydrogen-bond acceptors (Lipinski definition) is 4. The van der Waals surface area contributed by atoms with Gasteiger partial charge in [0.2, 0.25) is 0 Å². The summed E-state index contributed by atoms with van der Waals surface area (Å²) in [5.41, 5.74) is -0.645. The molecule has 2 heterocycles. The molecule has 1 N–H and O–H groups in total. The lowest BCUT2D eigenvalue weighted by atomic mass is 10.1. The first-order valence-electron chi connectivity index (χ1n) is 9.60. The van der Waals surface area contributed by atoms with Gasteiger partial charge in [-0.2, -0.15) is 13.2 Å². The van der Waals surface area contributed by atoms with Gasteiger partial charge in [0, 0.05) is 31.7 Å². The molecule has 1 fully saturated rings. The topological polar surface area (TPSA) is 61.3 Å². The third-order valence-electron chi connectivity index (χ3n) is 5.37. The number of carbonyl (C=O) groups excluding carboxylic acids is 1. The van der Waals surface area contributed by atoms with Crippen molar-refractivity contribution in [2.24, 2.45) is 0 Å². The molecule has 31 heavy (non-hydrogen) atoms. The summed E-state index contributed by atoms with van der Waals surface area (Å²) in [5, 5.41) is 0.223. The molecule has 0 radical (unpaired) electrons. The Balaban J connectivity index is 1.75. The van der Waals surface area contributed by atoms with Gasteiger partial charge >= 0.3 is 6.18 Å². The van der Waals surface area contributed by atoms with Gasteiger partial charge in [0.1, 0.15) is 0 Å². The van der Waals surface area contributed by atoms with E-state index in [1.54, 1.807) is 17.0 Å². The van der Waals surface area contributed by atoms with Crippen LogP contribution in [0.4, 0.5) is 13.2 Å². The number of hydrogen-bond donors (Lipinski definition) is 1. The highest BCUT2D eigenvalue weighted by molar-refractivity contribution is 7.71. The van der Waals surface area contributed by atoms with Crippen LogP contribution in [0, 0.1) is 4.77 Å². The SMILES string of the molecule is CN1CCN(C(=O)c2ccc3c(=O)n(-c4cccc(C(F)(F)F)c4)c(=S)[nH]c3c2)CC1. The van der Waals surface area contributed by atoms with Gasteiger partial charge in [-0.15, -0.1) is 0 Å². The summed E-state index contributed by atoms with van der Waals surface area (Å²) >= 11 is 5.26. The van der Waals surface area contributed by atoms with Gasteiger partial charge < -0.3 is 14.8 Å². The Bertz CT molecular complexity index is 1270. The number of rotatable bonds is 2. The number of halogens is 3. The molecule has 10 heteroatoms. The molecule has 0 spiro atoms. The number of nitrogens with zero attached hydrogens (tertiary/aromatic N) is 3. The zero-order valence-corrected chi connectivity index (χ0v) is 17.4. The molecule has 0 aliphatic carbocycles. The molecule has 0 saturated carbocycles. The summed E-state index contributed by atoms with van der Waals surface area (Å²) in [4.78, 5) is 32.6. The minimum Gasteiger partial charge on any atom is -0.336 e. The minimum atomic E-state index is -4.54. The van der Waals surface area contributed by atoms with Crippen molar-refractivity contribution >= 4 is 29.0 Å². The number of amides is 1. The molecule has 1 amide bonds. The zero-order valence-electron chi connectivity index (χ0n) is 16.6. The van der Waals surface area contributed by atoms with E-state index in [1.165, 1.54) is 18.2 Å². The Morgan fingerprint density at radius 1 is 1.06 bits per heavy atom. The fourth-order valence-corrected chi connectivity index (χ4v) is 3.90. The van der Waals surface area contributed by atoms with Crippen molar-refractivity contribution in [2.45, 2.75) is 6.18 Å². The van der Waals surface area contributed by atoms with Crippen LogP contribution in [0.5, 0.6) is 0 Å². The first kappa shape index (κ1) is 21.3. The van der Waals surface area contributed by atoms with Crippen LogP contribution in [0.25, 0.3) is 16.6 Å². The molecule has 162 valence electrons. The quantitative estimate of drug-likeness (QED) is 0.610. The number of aromatic nitrogens is 2. The fraction of sp³-hybridized carbons (Fsp3) is 0.286. The maximum atomic E-state index is 13.1. The first-order valence-corrected chi connectivity index (χ1v) is 10.0. The second kappa shape index (κ2) is 7.93. The third kappa shape index (κ3) is 4.13. The lowest BCUT2D eigenvalue weighted by Gasteiger charge is -2.32. The number of alkyl halides is 3. The van der Waals surface area contributed by atoms with E-state index in [-0.39, 0.29) is 21.8 Å². The number of H-pyrrole nitrogens is 1. The van der Waals surface area contributed by atoms with E-state index in [1.807, 2.05) is 7.05 Å². The predicted molar refractivity (Wildman–Crippen MR) is 113 cm³/mol. The van der Waals surface area contributed by atoms with Crippen molar-refractivity contribution in [3.8, 4) is 5.69 Å². The van der Waals surface area contributed by atoms with Crippen molar-refractivity contribution in [2.75, 3.05) is 33.2 Å². The van der Waals surface area contributed by atoms with Crippen LogP contribution in [0.15, 0.2) is 47.3 Å². The Morgan fingerprint density at radius 2 is 1.77 bits per heavy atom. The van der Waals surface area contributed by atoms with E-state index < -0.39 is 17.3 Å². The van der Waals surface area contributed by atoms with Gasteiger partial charge in [-0.25, -0.2) is 0 Å². The maximum Gasteiger partial charge on any atom is 0.416 e. The van der Waals surface area contributed by atoms with E-state index in [0.29, 0.717) is 24.2 Å². The van der Waals surface area contributed by atoms with Gasteiger partial charge in [0.25, 0.3) is 11.5 Å². The van der Waals surface area contributed by atoms with Crippen LogP contribution >= 0.6 is 12.2 Å². The Morgan fingerprint density at radius 3 is 2.45 bits per heavy atom. The normalized spacial score (nSPS) is 15.4. The molecule has 1 saturated heterocycles. The van der Waals surface area contributed by atoms with Crippen LogP contribution in [0.1, 0.15) is 15.9 Å². The largest absolute Gasteiger partial charge is 0.416 e. The number of likely N-dealkylation sites (N-methyl/N-ethyl adjacent to an activating group) is 1. The summed E-state index contributed by atoms with van der Waals surface area (Å²) in [7, 11) is 1.99. The molecule has 1 aliphatic rings. The van der Waals surface area contributed by atoms with E-state index >= 15 is 0 Å². The standard InChI is InChI=1S/C21H19F3N4O2S/c1-26-7-9-27(10-8-26)18(29)13-5-6-16-17(11-13)25-20(31)28(19(16)30)15-4-2-3-14(12-15)21(22,23)24/h2-6,11-12H,7-10H2,1H3,(H,25,31). The van der Waals surface area contributed by atoms with E-state index in [4.69, 9.17) is 12.2 Å². The lowest BCUT2D eigenvalue weighted by Crippen LogP contribution is -2.47. The van der Waals surface area contributed by atoms with Crippen molar-refractivity contribution in [1.82, 2.24) is 19.4 Å². The van der Waals surface area contributed by atoms with Crippen LogP contribution in [-0.2, 0) is 6.18 Å². The van der Waals surface area contributed by atoms with Crippen LogP contribution < -0.4 is 5.56 Å². The van der Waals surface area contributed by atoms with Crippen molar-refractivity contribution in [3.05, 3.63) is 68.7 Å². The molecule has 1 aliphatic heterocycles. The molecule has 2 aromatic carbocycles. The van der Waals surface area contributed by atoms with E-state index in [0.717, 1.165) is 29.8 Å². The average Bonchev–Trinajstić information content (AvgIpc) is 2.73. The number of fused-ring (bicyclic) bond motifs is 1. The Labute approximate surface area is 180 Å². The van der Waals surface area contributed by atoms with Gasteiger partial charge in [0.15, 0.2) is 4.77 Å². The Hall–Kier alpha value is -2.98. The molecule has 6 nitrogen and oxygen atoms in total. The molecular formula is C21H19F3N4O2S. The van der Waals surface area contributed by atoms with E-state index in [2.05, 4.69) is 9.88 Å². The maximum absolute atomic E-state index is 13.1. The van der Waals surface area contributed by atoms with Crippen LogP contribution in [0.2, 0.25) is 0 Å². The van der Waals surface area contributed by atoms with Crippen molar-refractivity contribution in [1.29, 1.82) is 0 Å². The second-order valence-corrected chi connectivity index (χ2v) is 7.86. The Kier molecular flexibility index (Phi) is 5.44. The minimum absolute atomic E-state index is 0.0144. The monoisotopic (exact) mass is 448 g/mol. The highest BCUT2D eigenvalue weighted by atomic mass is 32.1. The molecule has 0 bridgehead atoms. The molecule has 0 unspecified atom stereocenters. The highest BCUT2D eigenvalue weighted by Gasteiger charge is 2.30. The number of carbonyl (C=O) groups is 1. The summed E-state index contributed by atoms with van der Waals surface area (Å²) in [5.74, 6) is -0.142. The predicted octanol–water partition coefficient (Wildman–Crippen LogP) is 3.45. The summed E-state index contributed by atoms with van der Waals surface area (Å²) in [6.45, 7) is 2.79. The number of aromatic amines is 1. The molecule has 4 rings (SSSR count). The lowest BCUT2D eigenvalue weighted by molar-refractivity contribution is -0.137. The molecular weight excluding hydrogens is 429 g/mol. The molecule has 3 aromatic rings. The number of benzene rings is 2. The first-order chi connectivity index (χ1) is 14.6. The van der Waals surface area contributed by atoms with Crippen molar-refractivity contribution in [3.63, 3.8) is 0 Å². The van der Waals surface area contributed by atoms with Gasteiger partial charge in [0.05, 0.1) is 22.2 Å². The van der Waals surface area contributed by atoms with Crippen LogP contribution in [0.3, 0.4) is 0 Å². The third-order valence-corrected chi connectivity index (χ3v) is 5.65. The second-order valence-electron chi connectivity index (χ2n) is 7.47. The summed E-state index contributed by atoms with van der Waals surface area (Å²) < 4.78 is 40.2. The number of nitrogens with one attached hydrogen (secondary N) is 1. The smallest absolute Gasteiger partial charge is 0.336 e. The average molecular weight is 448 g/mol. The zero-order chi connectivity index (χ0) is 22.3. The van der Waals surface area contributed by atoms with Crippen LogP contribution in [-0.4, -0.2) is 58.5 Å². The van der Waals surface area contributed by atoms with Gasteiger partial charge in [-0.3, -0.25) is 14.2 Å². The summed E-state index contributed by atoms with van der Waals surface area (Å²) in [6, 6.07) is 9.03. The van der Waals surface area contributed by atoms with Crippen molar-refractivity contribution < 1.29 is 18.0 Å².